The number of aromatic nitrogens is 5. The van der Waals surface area contributed by atoms with Gasteiger partial charge in [-0.25, -0.2) is 15.0 Å². The first kappa shape index (κ1) is 23.1. The third-order valence-electron chi connectivity index (χ3n) is 8.16. The van der Waals surface area contributed by atoms with Crippen molar-refractivity contribution >= 4 is 28.2 Å². The van der Waals surface area contributed by atoms with Crippen LogP contribution in [0.1, 0.15) is 38.8 Å². The van der Waals surface area contributed by atoms with Gasteiger partial charge in [0, 0.05) is 49.0 Å². The van der Waals surface area contributed by atoms with Gasteiger partial charge in [0.1, 0.15) is 12.1 Å². The molecule has 0 aliphatic carbocycles. The van der Waals surface area contributed by atoms with E-state index in [0.717, 1.165) is 41.8 Å². The van der Waals surface area contributed by atoms with Crippen LogP contribution in [0.3, 0.4) is 0 Å². The van der Waals surface area contributed by atoms with Gasteiger partial charge in [-0.2, -0.15) is 9.61 Å². The summed E-state index contributed by atoms with van der Waals surface area (Å²) in [6, 6.07) is 22.7. The molecule has 1 unspecified atom stereocenters. The molecule has 5 heterocycles. The van der Waals surface area contributed by atoms with E-state index >= 15 is 0 Å². The van der Waals surface area contributed by atoms with Crippen molar-refractivity contribution in [2.75, 3.05) is 23.3 Å². The van der Waals surface area contributed by atoms with E-state index in [-0.39, 0.29) is 6.04 Å². The van der Waals surface area contributed by atoms with Gasteiger partial charge in [0.05, 0.1) is 11.7 Å². The summed E-state index contributed by atoms with van der Waals surface area (Å²) in [7, 11) is 0. The molecule has 2 bridgehead atoms. The lowest BCUT2D eigenvalue weighted by atomic mass is 9.99. The van der Waals surface area contributed by atoms with E-state index in [1.54, 1.807) is 6.33 Å². The van der Waals surface area contributed by atoms with E-state index in [1.807, 2.05) is 22.8 Å². The van der Waals surface area contributed by atoms with Gasteiger partial charge in [-0.3, -0.25) is 4.90 Å². The monoisotopic (exact) mass is 504 g/mol. The summed E-state index contributed by atoms with van der Waals surface area (Å²) < 4.78 is 1.88. The highest BCUT2D eigenvalue weighted by molar-refractivity contribution is 5.86. The Morgan fingerprint density at radius 2 is 1.79 bits per heavy atom. The number of benzene rings is 2. The van der Waals surface area contributed by atoms with E-state index in [4.69, 9.17) is 4.98 Å². The number of piperazine rings is 1. The molecule has 2 aromatic carbocycles. The van der Waals surface area contributed by atoms with Crippen LogP contribution in [-0.2, 0) is 0 Å². The highest BCUT2D eigenvalue weighted by atomic mass is 15.5. The predicted octanol–water partition coefficient (Wildman–Crippen LogP) is 5.18. The van der Waals surface area contributed by atoms with Crippen LogP contribution in [-0.4, -0.2) is 60.7 Å². The van der Waals surface area contributed by atoms with Crippen molar-refractivity contribution in [2.24, 2.45) is 0 Å². The molecule has 0 saturated carbocycles. The molecule has 3 atom stereocenters. The SMILES string of the molecule is CC(Nc1cc(-c2cc3ncnn3c(N3C[C@@H]4C[C@H]3CN4C(C)C)n2)ccn1)c1cccc2ccccc12. The lowest BCUT2D eigenvalue weighted by Crippen LogP contribution is -2.49. The summed E-state index contributed by atoms with van der Waals surface area (Å²) in [6.45, 7) is 8.79. The molecular weight excluding hydrogens is 472 g/mol. The number of rotatable bonds is 6. The largest absolute Gasteiger partial charge is 0.364 e. The Labute approximate surface area is 222 Å². The summed E-state index contributed by atoms with van der Waals surface area (Å²) in [4.78, 5) is 19.3. The van der Waals surface area contributed by atoms with Crippen molar-refractivity contribution in [2.45, 2.75) is 51.4 Å². The first-order valence-corrected chi connectivity index (χ1v) is 13.5. The number of anilines is 2. The first-order valence-electron chi connectivity index (χ1n) is 13.5. The third kappa shape index (κ3) is 3.87. The Hall–Kier alpha value is -4.04. The molecule has 0 spiro atoms. The van der Waals surface area contributed by atoms with Crippen LogP contribution in [0, 0.1) is 0 Å². The van der Waals surface area contributed by atoms with E-state index in [9.17, 15) is 0 Å². The zero-order valence-corrected chi connectivity index (χ0v) is 22.0. The molecule has 38 heavy (non-hydrogen) atoms. The van der Waals surface area contributed by atoms with Gasteiger partial charge in [0.15, 0.2) is 5.65 Å². The molecule has 2 aliphatic heterocycles. The van der Waals surface area contributed by atoms with Crippen LogP contribution >= 0.6 is 0 Å². The molecule has 3 aromatic heterocycles. The molecule has 1 N–H and O–H groups in total. The van der Waals surface area contributed by atoms with Gasteiger partial charge >= 0.3 is 0 Å². The topological polar surface area (TPSA) is 74.5 Å². The van der Waals surface area contributed by atoms with Crippen molar-refractivity contribution in [3.63, 3.8) is 0 Å². The molecule has 192 valence electrons. The molecule has 0 radical (unpaired) electrons. The summed E-state index contributed by atoms with van der Waals surface area (Å²) in [5, 5.41) is 10.6. The second-order valence-corrected chi connectivity index (χ2v) is 10.8. The summed E-state index contributed by atoms with van der Waals surface area (Å²) in [5.74, 6) is 1.70. The summed E-state index contributed by atoms with van der Waals surface area (Å²) in [6.07, 6.45) is 4.64. The maximum atomic E-state index is 5.15. The van der Waals surface area contributed by atoms with Crippen molar-refractivity contribution in [1.29, 1.82) is 0 Å². The number of nitrogens with one attached hydrogen (secondary N) is 1. The zero-order valence-electron chi connectivity index (χ0n) is 22.0. The number of nitrogens with zero attached hydrogens (tertiary/aromatic N) is 7. The van der Waals surface area contributed by atoms with Crippen LogP contribution in [0.15, 0.2) is 73.2 Å². The molecule has 2 fully saturated rings. The van der Waals surface area contributed by atoms with Crippen molar-refractivity contribution in [3.8, 4) is 11.3 Å². The second-order valence-electron chi connectivity index (χ2n) is 10.8. The van der Waals surface area contributed by atoms with Crippen molar-refractivity contribution in [3.05, 3.63) is 78.8 Å². The molecule has 7 rings (SSSR count). The Morgan fingerprint density at radius 3 is 2.63 bits per heavy atom. The fourth-order valence-electron chi connectivity index (χ4n) is 6.32. The number of fused-ring (bicyclic) bond motifs is 4. The fraction of sp³-hybridized carbons (Fsp3) is 0.333. The molecular formula is C30H32N8. The molecule has 2 aliphatic rings. The van der Waals surface area contributed by atoms with Crippen LogP contribution in [0.5, 0.6) is 0 Å². The zero-order chi connectivity index (χ0) is 25.8. The molecule has 0 amide bonds. The smallest absolute Gasteiger partial charge is 0.229 e. The quantitative estimate of drug-likeness (QED) is 0.341. The molecule has 2 saturated heterocycles. The number of pyridine rings is 1. The predicted molar refractivity (Wildman–Crippen MR) is 151 cm³/mol. The van der Waals surface area contributed by atoms with Crippen LogP contribution in [0.4, 0.5) is 11.8 Å². The minimum atomic E-state index is 0.0930. The van der Waals surface area contributed by atoms with Gasteiger partial charge in [0.2, 0.25) is 5.95 Å². The van der Waals surface area contributed by atoms with Gasteiger partial charge in [0.25, 0.3) is 0 Å². The summed E-state index contributed by atoms with van der Waals surface area (Å²) in [5.41, 5.74) is 3.95. The van der Waals surface area contributed by atoms with Crippen molar-refractivity contribution in [1.82, 2.24) is 29.5 Å². The van der Waals surface area contributed by atoms with Gasteiger partial charge in [-0.05, 0) is 55.7 Å². The normalized spacial score (nSPS) is 20.2. The Bertz CT molecular complexity index is 1620. The van der Waals surface area contributed by atoms with Crippen LogP contribution in [0.25, 0.3) is 27.7 Å². The standard InChI is InChI=1S/C30H32N8/c1-19(2)36-16-24-14-23(36)17-37(24)30-35-27(15-29-32-18-33-38(29)30)22-11-12-31-28(13-22)34-20(3)25-10-6-8-21-7-4-5-9-26(21)25/h4-13,15,18-20,23-24H,14,16-17H2,1-3H3,(H,31,34)/t20?,23-,24-/m0/s1. The molecule has 8 nitrogen and oxygen atoms in total. The van der Waals surface area contributed by atoms with Gasteiger partial charge < -0.3 is 10.2 Å². The minimum absolute atomic E-state index is 0.0930. The van der Waals surface area contributed by atoms with Crippen LogP contribution < -0.4 is 10.2 Å². The third-order valence-corrected chi connectivity index (χ3v) is 8.16. The van der Waals surface area contributed by atoms with E-state index in [1.165, 1.54) is 22.8 Å². The lowest BCUT2D eigenvalue weighted by Gasteiger charge is -2.36. The average molecular weight is 505 g/mol. The highest BCUT2D eigenvalue weighted by Gasteiger charge is 2.45. The molecule has 8 heteroatoms. The van der Waals surface area contributed by atoms with E-state index < -0.39 is 0 Å². The fourth-order valence-corrected chi connectivity index (χ4v) is 6.32. The number of hydrogen-bond donors (Lipinski definition) is 1. The van der Waals surface area contributed by atoms with Gasteiger partial charge in [-0.15, -0.1) is 0 Å². The Kier molecular flexibility index (Phi) is 5.51. The second kappa shape index (κ2) is 9.06. The maximum Gasteiger partial charge on any atom is 0.229 e. The first-order chi connectivity index (χ1) is 18.5. The average Bonchev–Trinajstić information content (AvgIpc) is 3.68. The lowest BCUT2D eigenvalue weighted by molar-refractivity contribution is 0.190. The van der Waals surface area contributed by atoms with Crippen molar-refractivity contribution < 1.29 is 0 Å². The molecule has 5 aromatic rings. The van der Waals surface area contributed by atoms with Crippen LogP contribution in [0.2, 0.25) is 0 Å². The highest BCUT2D eigenvalue weighted by Crippen LogP contribution is 2.36. The minimum Gasteiger partial charge on any atom is -0.364 e. The van der Waals surface area contributed by atoms with E-state index in [0.29, 0.717) is 18.1 Å². The maximum absolute atomic E-state index is 5.15. The Balaban J connectivity index is 1.20. The number of hydrogen-bond acceptors (Lipinski definition) is 7. The summed E-state index contributed by atoms with van der Waals surface area (Å²) >= 11 is 0. The number of likely N-dealkylation sites (tertiary alicyclic amines) is 1. The Morgan fingerprint density at radius 1 is 0.921 bits per heavy atom. The van der Waals surface area contributed by atoms with E-state index in [2.05, 4.69) is 99.5 Å². The van der Waals surface area contributed by atoms with Gasteiger partial charge in [-0.1, -0.05) is 42.5 Å².